The van der Waals surface area contributed by atoms with Crippen molar-refractivity contribution in [2.45, 2.75) is 6.92 Å². The van der Waals surface area contributed by atoms with Gasteiger partial charge in [0.1, 0.15) is 17.3 Å². The molecule has 6 heteroatoms. The molecule has 2 aromatic heterocycles. The third-order valence-electron chi connectivity index (χ3n) is 1.65. The van der Waals surface area contributed by atoms with Crippen molar-refractivity contribution in [3.63, 3.8) is 0 Å². The molecule has 2 N–H and O–H groups in total. The molecule has 0 unspecified atom stereocenters. The fraction of sp³-hybridized carbons (Fsp3) is 0.125. The Labute approximate surface area is 85.6 Å². The first-order valence-corrected chi connectivity index (χ1v) is 4.34. The van der Waals surface area contributed by atoms with Crippen LogP contribution in [0, 0.1) is 6.92 Å². The number of nitrogen functional groups attached to an aromatic ring is 1. The number of hydrogen-bond acceptors (Lipinski definition) is 4. The Kier molecular flexibility index (Phi) is 2.09. The van der Waals surface area contributed by atoms with Crippen LogP contribution < -0.4 is 5.73 Å². The van der Waals surface area contributed by atoms with E-state index in [0.717, 1.165) is 5.69 Å². The van der Waals surface area contributed by atoms with Crippen LogP contribution in [0.25, 0.3) is 5.95 Å². The summed E-state index contributed by atoms with van der Waals surface area (Å²) in [5.41, 5.74) is 6.42. The lowest BCUT2D eigenvalue weighted by Crippen LogP contribution is -2.01. The van der Waals surface area contributed by atoms with Crippen molar-refractivity contribution in [3.8, 4) is 5.95 Å². The topological polar surface area (TPSA) is 69.6 Å². The van der Waals surface area contributed by atoms with Gasteiger partial charge in [-0.3, -0.25) is 4.57 Å². The average molecular weight is 210 g/mol. The first-order chi connectivity index (χ1) is 6.65. The number of hydrogen-bond donors (Lipinski definition) is 1. The Morgan fingerprint density at radius 1 is 1.43 bits per heavy atom. The zero-order valence-corrected chi connectivity index (χ0v) is 8.23. The lowest BCUT2D eigenvalue weighted by atomic mass is 10.5. The quantitative estimate of drug-likeness (QED) is 0.717. The Morgan fingerprint density at radius 3 is 2.79 bits per heavy atom. The molecule has 0 spiro atoms. The smallest absolute Gasteiger partial charge is 0.238 e. The van der Waals surface area contributed by atoms with Crippen molar-refractivity contribution in [1.29, 1.82) is 0 Å². The van der Waals surface area contributed by atoms with Crippen LogP contribution in [0.2, 0.25) is 5.15 Å². The van der Waals surface area contributed by atoms with E-state index in [1.54, 1.807) is 17.1 Å². The van der Waals surface area contributed by atoms with E-state index in [4.69, 9.17) is 17.3 Å². The largest absolute Gasteiger partial charge is 0.383 e. The molecular weight excluding hydrogens is 202 g/mol. The molecule has 5 nitrogen and oxygen atoms in total. The number of nitrogens with zero attached hydrogens (tertiary/aromatic N) is 4. The molecule has 0 aliphatic rings. The average Bonchev–Trinajstić information content (AvgIpc) is 2.50. The van der Waals surface area contributed by atoms with E-state index in [-0.39, 0.29) is 0 Å². The van der Waals surface area contributed by atoms with Gasteiger partial charge >= 0.3 is 0 Å². The van der Waals surface area contributed by atoms with Gasteiger partial charge in [0.15, 0.2) is 0 Å². The Balaban J connectivity index is 2.51. The lowest BCUT2D eigenvalue weighted by molar-refractivity contribution is 0.929. The summed E-state index contributed by atoms with van der Waals surface area (Å²) >= 11 is 5.74. The Hall–Kier alpha value is -1.62. The predicted octanol–water partition coefficient (Wildman–Crippen LogP) is 1.21. The molecule has 2 rings (SSSR count). The molecule has 0 radical (unpaired) electrons. The molecule has 0 atom stereocenters. The molecule has 0 amide bonds. The number of imidazole rings is 1. The first-order valence-electron chi connectivity index (χ1n) is 3.96. The summed E-state index contributed by atoms with van der Waals surface area (Å²) in [5, 5.41) is 0.318. The van der Waals surface area contributed by atoms with Gasteiger partial charge in [-0.05, 0) is 6.92 Å². The van der Waals surface area contributed by atoms with Gasteiger partial charge in [-0.1, -0.05) is 11.6 Å². The number of aromatic nitrogens is 4. The second-order valence-corrected chi connectivity index (χ2v) is 3.23. The van der Waals surface area contributed by atoms with E-state index in [9.17, 15) is 0 Å². The monoisotopic (exact) mass is 209 g/mol. The van der Waals surface area contributed by atoms with Crippen LogP contribution in [0.4, 0.5) is 5.82 Å². The molecule has 72 valence electrons. The van der Waals surface area contributed by atoms with E-state index in [1.807, 2.05) is 6.92 Å². The van der Waals surface area contributed by atoms with E-state index in [2.05, 4.69) is 15.0 Å². The van der Waals surface area contributed by atoms with Crippen molar-refractivity contribution < 1.29 is 0 Å². The number of halogens is 1. The summed E-state index contributed by atoms with van der Waals surface area (Å²) in [6.07, 6.45) is 3.41. The van der Waals surface area contributed by atoms with Crippen molar-refractivity contribution in [1.82, 2.24) is 19.5 Å². The van der Waals surface area contributed by atoms with Crippen LogP contribution in [0.15, 0.2) is 18.6 Å². The second-order valence-electron chi connectivity index (χ2n) is 2.84. The fourth-order valence-electron chi connectivity index (χ4n) is 1.07. The normalized spacial score (nSPS) is 10.4. The lowest BCUT2D eigenvalue weighted by Gasteiger charge is -2.00. The van der Waals surface area contributed by atoms with E-state index in [0.29, 0.717) is 16.9 Å². The molecule has 0 fully saturated rings. The minimum atomic E-state index is 0.318. The highest BCUT2D eigenvalue weighted by molar-refractivity contribution is 6.29. The highest BCUT2D eigenvalue weighted by Crippen LogP contribution is 2.11. The van der Waals surface area contributed by atoms with Crippen LogP contribution in [0.5, 0.6) is 0 Å². The summed E-state index contributed by atoms with van der Waals surface area (Å²) in [4.78, 5) is 12.1. The van der Waals surface area contributed by atoms with Crippen LogP contribution in [-0.2, 0) is 0 Å². The van der Waals surface area contributed by atoms with Crippen molar-refractivity contribution in [3.05, 3.63) is 29.4 Å². The molecule has 0 aliphatic heterocycles. The minimum absolute atomic E-state index is 0.318. The van der Waals surface area contributed by atoms with E-state index in [1.165, 1.54) is 6.07 Å². The summed E-state index contributed by atoms with van der Waals surface area (Å²) in [7, 11) is 0. The third-order valence-corrected chi connectivity index (χ3v) is 1.84. The maximum absolute atomic E-state index is 5.74. The van der Waals surface area contributed by atoms with Gasteiger partial charge in [0.05, 0.1) is 5.69 Å². The number of aryl methyl sites for hydroxylation is 1. The minimum Gasteiger partial charge on any atom is -0.383 e. The number of anilines is 1. The molecule has 0 aromatic carbocycles. The fourth-order valence-corrected chi connectivity index (χ4v) is 1.26. The molecule has 2 heterocycles. The molecule has 14 heavy (non-hydrogen) atoms. The van der Waals surface area contributed by atoms with Gasteiger partial charge in [-0.2, -0.15) is 4.98 Å². The van der Waals surface area contributed by atoms with Crippen LogP contribution in [0.3, 0.4) is 0 Å². The zero-order chi connectivity index (χ0) is 10.1. The Bertz CT molecular complexity index is 444. The third kappa shape index (κ3) is 1.67. The number of rotatable bonds is 1. The highest BCUT2D eigenvalue weighted by atomic mass is 35.5. The molecule has 2 aromatic rings. The van der Waals surface area contributed by atoms with Crippen molar-refractivity contribution in [2.75, 3.05) is 5.73 Å². The Morgan fingerprint density at radius 2 is 2.21 bits per heavy atom. The van der Waals surface area contributed by atoms with Crippen molar-refractivity contribution >= 4 is 17.4 Å². The van der Waals surface area contributed by atoms with E-state index < -0.39 is 0 Å². The summed E-state index contributed by atoms with van der Waals surface area (Å²) in [6.45, 7) is 1.88. The second kappa shape index (κ2) is 3.26. The molecule has 0 bridgehead atoms. The molecule has 0 saturated carbocycles. The van der Waals surface area contributed by atoms with E-state index >= 15 is 0 Å². The molecule has 0 aliphatic carbocycles. The standard InChI is InChI=1S/C8H8ClN5/c1-5-3-14(4-11-5)8-12-6(9)2-7(10)13-8/h2-4H,1H3,(H2,10,12,13). The van der Waals surface area contributed by atoms with Gasteiger partial charge in [0.25, 0.3) is 0 Å². The number of nitrogens with two attached hydrogens (primary N) is 1. The van der Waals surface area contributed by atoms with Crippen LogP contribution in [-0.4, -0.2) is 19.5 Å². The summed E-state index contributed by atoms with van der Waals surface area (Å²) in [5.74, 6) is 0.766. The summed E-state index contributed by atoms with van der Waals surface area (Å²) < 4.78 is 1.66. The maximum Gasteiger partial charge on any atom is 0.238 e. The molecular formula is C8H8ClN5. The van der Waals surface area contributed by atoms with Gasteiger partial charge in [0.2, 0.25) is 5.95 Å². The van der Waals surface area contributed by atoms with Gasteiger partial charge in [-0.15, -0.1) is 0 Å². The highest BCUT2D eigenvalue weighted by Gasteiger charge is 2.03. The zero-order valence-electron chi connectivity index (χ0n) is 7.48. The van der Waals surface area contributed by atoms with Crippen LogP contribution in [0.1, 0.15) is 5.69 Å². The predicted molar refractivity (Wildman–Crippen MR) is 53.3 cm³/mol. The van der Waals surface area contributed by atoms with Crippen LogP contribution >= 0.6 is 11.6 Å². The van der Waals surface area contributed by atoms with Gasteiger partial charge in [0, 0.05) is 12.3 Å². The van der Waals surface area contributed by atoms with Gasteiger partial charge in [-0.25, -0.2) is 9.97 Å². The first kappa shape index (κ1) is 8.96. The SMILES string of the molecule is Cc1cn(-c2nc(N)cc(Cl)n2)cn1. The van der Waals surface area contributed by atoms with Gasteiger partial charge < -0.3 is 5.73 Å². The maximum atomic E-state index is 5.74. The van der Waals surface area contributed by atoms with Crippen molar-refractivity contribution in [2.24, 2.45) is 0 Å². The molecule has 0 saturated heterocycles. The summed E-state index contributed by atoms with van der Waals surface area (Å²) in [6, 6.07) is 1.49.